The normalized spacial score (nSPS) is 6.43. The van der Waals surface area contributed by atoms with Gasteiger partial charge in [0.1, 0.15) is 0 Å². The largest absolute Gasteiger partial charge is 1.00 e. The molecule has 0 unspecified atom stereocenters. The zero-order chi connectivity index (χ0) is 4.83. The predicted molar refractivity (Wildman–Crippen MR) is 24.4 cm³/mol. The summed E-state index contributed by atoms with van der Waals surface area (Å²) in [5, 5.41) is 2.52. The minimum Gasteiger partial charge on any atom is -1.00 e. The van der Waals surface area contributed by atoms with E-state index in [1.165, 1.54) is 0 Å². The summed E-state index contributed by atoms with van der Waals surface area (Å²) in [6, 6.07) is 0. The van der Waals surface area contributed by atoms with Crippen LogP contribution in [0, 0.1) is 0 Å². The summed E-state index contributed by atoms with van der Waals surface area (Å²) in [5.74, 6) is 0. The lowest BCUT2D eigenvalue weighted by Gasteiger charge is -1.86. The van der Waals surface area contributed by atoms with E-state index in [1.54, 1.807) is 0 Å². The molecule has 2 nitrogen and oxygen atoms in total. The highest BCUT2D eigenvalue weighted by Crippen LogP contribution is 1.63. The van der Waals surface area contributed by atoms with Crippen molar-refractivity contribution in [3.8, 4) is 0 Å². The lowest BCUT2D eigenvalue weighted by molar-refractivity contribution is -0.109. The van der Waals surface area contributed by atoms with Gasteiger partial charge < -0.3 is 17.7 Å². The number of amides is 1. The summed E-state index contributed by atoms with van der Waals surface area (Å²) < 4.78 is 0. The number of hydrogen-bond acceptors (Lipinski definition) is 1. The van der Waals surface area contributed by atoms with Gasteiger partial charge in [0.05, 0.1) is 0 Å². The standard InChI is InChI=1S/C4H9NO.ClH/c1-2-3-5-4-6;/h4H,2-3H2,1H3,(H,5,6);1H/p-1. The molecular weight excluding hydrogens is 114 g/mol. The molecule has 0 radical (unpaired) electrons. The molecule has 0 aliphatic carbocycles. The first-order chi connectivity index (χ1) is 2.91. The third-order valence-electron chi connectivity index (χ3n) is 0.478. The van der Waals surface area contributed by atoms with E-state index >= 15 is 0 Å². The third-order valence-corrected chi connectivity index (χ3v) is 0.478. The van der Waals surface area contributed by atoms with E-state index in [0.717, 1.165) is 13.0 Å². The Labute approximate surface area is 49.7 Å². The van der Waals surface area contributed by atoms with Gasteiger partial charge in [0, 0.05) is 6.54 Å². The van der Waals surface area contributed by atoms with Gasteiger partial charge in [-0.25, -0.2) is 0 Å². The van der Waals surface area contributed by atoms with E-state index in [9.17, 15) is 4.79 Å². The van der Waals surface area contributed by atoms with Crippen molar-refractivity contribution in [1.82, 2.24) is 5.32 Å². The molecule has 1 N–H and O–H groups in total. The first-order valence-electron chi connectivity index (χ1n) is 2.09. The molecular formula is C4H9ClNO-. The molecule has 0 aromatic rings. The highest BCUT2D eigenvalue weighted by molar-refractivity contribution is 5.45. The zero-order valence-corrected chi connectivity index (χ0v) is 5.03. The second-order valence-electron chi connectivity index (χ2n) is 1.07. The van der Waals surface area contributed by atoms with E-state index in [0.29, 0.717) is 6.41 Å². The van der Waals surface area contributed by atoms with Gasteiger partial charge in [-0.1, -0.05) is 6.92 Å². The third kappa shape index (κ3) is 10.7. The Hall–Kier alpha value is -0.240. The smallest absolute Gasteiger partial charge is 0.207 e. The zero-order valence-electron chi connectivity index (χ0n) is 4.28. The average Bonchev–Trinajstić information content (AvgIpc) is 1.61. The molecule has 0 heterocycles. The van der Waals surface area contributed by atoms with Crippen LogP contribution in [-0.2, 0) is 4.79 Å². The Morgan fingerprint density at radius 3 is 2.43 bits per heavy atom. The Kier molecular flexibility index (Phi) is 13.1. The maximum absolute atomic E-state index is 9.45. The fraction of sp³-hybridized carbons (Fsp3) is 0.750. The molecule has 7 heavy (non-hydrogen) atoms. The summed E-state index contributed by atoms with van der Waals surface area (Å²) in [5.41, 5.74) is 0. The van der Waals surface area contributed by atoms with Crippen molar-refractivity contribution in [1.29, 1.82) is 0 Å². The first-order valence-corrected chi connectivity index (χ1v) is 2.09. The SMILES string of the molecule is CCCNC=O.[Cl-]. The van der Waals surface area contributed by atoms with Crippen molar-refractivity contribution < 1.29 is 17.2 Å². The van der Waals surface area contributed by atoms with E-state index in [2.05, 4.69) is 5.32 Å². The van der Waals surface area contributed by atoms with Crippen molar-refractivity contribution >= 4 is 6.41 Å². The molecule has 3 heteroatoms. The van der Waals surface area contributed by atoms with Crippen LogP contribution in [0.1, 0.15) is 13.3 Å². The van der Waals surface area contributed by atoms with Crippen molar-refractivity contribution in [2.24, 2.45) is 0 Å². The lowest BCUT2D eigenvalue weighted by atomic mass is 10.5. The number of carbonyl (C=O) groups excluding carboxylic acids is 1. The van der Waals surface area contributed by atoms with Gasteiger partial charge in [-0.2, -0.15) is 0 Å². The fourth-order valence-corrected chi connectivity index (χ4v) is 0.203. The number of carbonyl (C=O) groups is 1. The van der Waals surface area contributed by atoms with Crippen molar-refractivity contribution in [2.75, 3.05) is 6.54 Å². The highest BCUT2D eigenvalue weighted by atomic mass is 35.5. The number of halogens is 1. The van der Waals surface area contributed by atoms with Gasteiger partial charge in [-0.05, 0) is 6.42 Å². The molecule has 0 fully saturated rings. The summed E-state index contributed by atoms with van der Waals surface area (Å²) in [6.45, 7) is 2.81. The number of rotatable bonds is 3. The predicted octanol–water partition coefficient (Wildman–Crippen LogP) is -2.85. The molecule has 1 amide bonds. The summed E-state index contributed by atoms with van der Waals surface area (Å²) in [6.07, 6.45) is 1.72. The lowest BCUT2D eigenvalue weighted by Crippen LogP contribution is -3.00. The molecule has 0 saturated carbocycles. The average molecular weight is 123 g/mol. The van der Waals surface area contributed by atoms with Gasteiger partial charge >= 0.3 is 0 Å². The van der Waals surface area contributed by atoms with Crippen LogP contribution in [0.2, 0.25) is 0 Å². The number of nitrogens with one attached hydrogen (secondary N) is 1. The van der Waals surface area contributed by atoms with Gasteiger partial charge in [0.15, 0.2) is 0 Å². The Morgan fingerprint density at radius 1 is 1.71 bits per heavy atom. The van der Waals surface area contributed by atoms with Crippen molar-refractivity contribution in [2.45, 2.75) is 13.3 Å². The van der Waals surface area contributed by atoms with Crippen LogP contribution in [0.15, 0.2) is 0 Å². The summed E-state index contributed by atoms with van der Waals surface area (Å²) in [7, 11) is 0. The molecule has 0 aromatic carbocycles. The number of hydrogen-bond donors (Lipinski definition) is 1. The Balaban J connectivity index is 0. The highest BCUT2D eigenvalue weighted by Gasteiger charge is 1.69. The van der Waals surface area contributed by atoms with Crippen molar-refractivity contribution in [3.05, 3.63) is 0 Å². The summed E-state index contributed by atoms with van der Waals surface area (Å²) in [4.78, 5) is 9.45. The van der Waals surface area contributed by atoms with Gasteiger partial charge in [0.25, 0.3) is 0 Å². The van der Waals surface area contributed by atoms with Gasteiger partial charge in [-0.3, -0.25) is 4.79 Å². The molecule has 0 aromatic heterocycles. The maximum atomic E-state index is 9.45. The Morgan fingerprint density at radius 2 is 2.29 bits per heavy atom. The van der Waals surface area contributed by atoms with E-state index in [4.69, 9.17) is 0 Å². The minimum atomic E-state index is 0. The van der Waals surface area contributed by atoms with Crippen LogP contribution in [0.25, 0.3) is 0 Å². The first kappa shape index (κ1) is 9.90. The van der Waals surface area contributed by atoms with Gasteiger partial charge in [-0.15, -0.1) is 0 Å². The van der Waals surface area contributed by atoms with E-state index in [1.807, 2.05) is 6.92 Å². The second-order valence-corrected chi connectivity index (χ2v) is 1.07. The van der Waals surface area contributed by atoms with Crippen LogP contribution >= 0.6 is 0 Å². The minimum absolute atomic E-state index is 0. The van der Waals surface area contributed by atoms with Crippen LogP contribution in [0.3, 0.4) is 0 Å². The summed E-state index contributed by atoms with van der Waals surface area (Å²) >= 11 is 0. The topological polar surface area (TPSA) is 29.1 Å². The van der Waals surface area contributed by atoms with Crippen LogP contribution in [0.5, 0.6) is 0 Å². The van der Waals surface area contributed by atoms with Crippen LogP contribution in [-0.4, -0.2) is 13.0 Å². The monoisotopic (exact) mass is 122 g/mol. The maximum Gasteiger partial charge on any atom is 0.207 e. The van der Waals surface area contributed by atoms with Crippen LogP contribution < -0.4 is 17.7 Å². The quantitative estimate of drug-likeness (QED) is 0.317. The molecule has 0 aliphatic heterocycles. The molecule has 0 saturated heterocycles. The van der Waals surface area contributed by atoms with E-state index < -0.39 is 0 Å². The molecule has 0 rings (SSSR count). The van der Waals surface area contributed by atoms with Crippen LogP contribution in [0.4, 0.5) is 0 Å². The molecule has 0 bridgehead atoms. The Bertz CT molecular complexity index is 40.7. The van der Waals surface area contributed by atoms with Crippen molar-refractivity contribution in [3.63, 3.8) is 0 Å². The van der Waals surface area contributed by atoms with Gasteiger partial charge in [0.2, 0.25) is 6.41 Å². The van der Waals surface area contributed by atoms with E-state index in [-0.39, 0.29) is 12.4 Å². The molecule has 44 valence electrons. The second kappa shape index (κ2) is 9.23. The fourth-order valence-electron chi connectivity index (χ4n) is 0.203. The molecule has 0 aliphatic rings. The molecule has 0 spiro atoms. The molecule has 0 atom stereocenters.